The maximum absolute atomic E-state index is 12.2. The van der Waals surface area contributed by atoms with Crippen LogP contribution in [0.2, 0.25) is 0 Å². The fraction of sp³-hybridized carbons (Fsp3) is 0.214. The molecular weight excluding hydrogens is 294 g/mol. The summed E-state index contributed by atoms with van der Waals surface area (Å²) in [5.74, 6) is -1.19. The molecule has 0 unspecified atom stereocenters. The normalized spacial score (nSPS) is 17.4. The number of rotatable bonds is 3. The second-order valence-electron chi connectivity index (χ2n) is 4.54. The number of benzene rings is 1. The maximum Gasteiger partial charge on any atom is 0.336 e. The van der Waals surface area contributed by atoms with Crippen molar-refractivity contribution in [1.82, 2.24) is 4.90 Å². The molecule has 0 atom stereocenters. The molecule has 0 aromatic heterocycles. The fourth-order valence-corrected chi connectivity index (χ4v) is 3.40. The highest BCUT2D eigenvalue weighted by Crippen LogP contribution is 2.34. The van der Waals surface area contributed by atoms with Crippen molar-refractivity contribution in [2.75, 3.05) is 0 Å². The molecule has 1 N–H and O–H groups in total. The molecule has 2 rings (SSSR count). The second-order valence-corrected chi connectivity index (χ2v) is 6.21. The van der Waals surface area contributed by atoms with Gasteiger partial charge in [-0.2, -0.15) is 0 Å². The Kier molecular flexibility index (Phi) is 4.25. The van der Waals surface area contributed by atoms with E-state index in [1.807, 2.05) is 13.8 Å². The summed E-state index contributed by atoms with van der Waals surface area (Å²) in [6.07, 6.45) is 1.59. The molecule has 104 valence electrons. The van der Waals surface area contributed by atoms with Gasteiger partial charge in [0.2, 0.25) is 0 Å². The van der Waals surface area contributed by atoms with Gasteiger partial charge in [0.15, 0.2) is 0 Å². The summed E-state index contributed by atoms with van der Waals surface area (Å²) in [6, 6.07) is 6.56. The van der Waals surface area contributed by atoms with Crippen molar-refractivity contribution in [3.05, 3.63) is 40.3 Å². The van der Waals surface area contributed by atoms with Gasteiger partial charge in [-0.1, -0.05) is 42.2 Å². The van der Waals surface area contributed by atoms with E-state index in [9.17, 15) is 9.59 Å². The van der Waals surface area contributed by atoms with Crippen molar-refractivity contribution in [2.45, 2.75) is 19.9 Å². The molecule has 0 spiro atoms. The Bertz CT molecular complexity index is 623. The van der Waals surface area contributed by atoms with Gasteiger partial charge in [-0.05, 0) is 31.6 Å². The van der Waals surface area contributed by atoms with E-state index in [1.165, 1.54) is 22.7 Å². The van der Waals surface area contributed by atoms with Crippen LogP contribution >= 0.6 is 24.0 Å². The summed E-state index contributed by atoms with van der Waals surface area (Å²) in [4.78, 5) is 25.4. The Morgan fingerprint density at radius 2 is 2.05 bits per heavy atom. The molecule has 4 nitrogen and oxygen atoms in total. The van der Waals surface area contributed by atoms with Crippen molar-refractivity contribution in [3.8, 4) is 0 Å². The SMILES string of the molecule is CC(C)N1C(=O)/C(=C/c2ccccc2C(=O)O)SC1=S. The van der Waals surface area contributed by atoms with Gasteiger partial charge >= 0.3 is 5.97 Å². The van der Waals surface area contributed by atoms with E-state index in [4.69, 9.17) is 17.3 Å². The van der Waals surface area contributed by atoms with Gasteiger partial charge in [0.05, 0.1) is 10.5 Å². The molecule has 1 aliphatic heterocycles. The van der Waals surface area contributed by atoms with E-state index in [0.29, 0.717) is 14.8 Å². The van der Waals surface area contributed by atoms with Gasteiger partial charge in [0, 0.05) is 6.04 Å². The lowest BCUT2D eigenvalue weighted by Crippen LogP contribution is -2.34. The molecule has 1 amide bonds. The summed E-state index contributed by atoms with van der Waals surface area (Å²) in [6.45, 7) is 3.78. The monoisotopic (exact) mass is 307 g/mol. The van der Waals surface area contributed by atoms with Gasteiger partial charge in [0.1, 0.15) is 4.32 Å². The average Bonchev–Trinajstić information content (AvgIpc) is 2.64. The van der Waals surface area contributed by atoms with Crippen molar-refractivity contribution < 1.29 is 14.7 Å². The topological polar surface area (TPSA) is 57.6 Å². The Morgan fingerprint density at radius 3 is 2.60 bits per heavy atom. The third-order valence-corrected chi connectivity index (χ3v) is 4.15. The lowest BCUT2D eigenvalue weighted by molar-refractivity contribution is -0.123. The van der Waals surface area contributed by atoms with E-state index >= 15 is 0 Å². The van der Waals surface area contributed by atoms with Gasteiger partial charge in [-0.15, -0.1) is 0 Å². The summed E-state index contributed by atoms with van der Waals surface area (Å²) in [5, 5.41) is 9.14. The Hall–Kier alpha value is -1.66. The minimum atomic E-state index is -1.02. The molecule has 6 heteroatoms. The third-order valence-electron chi connectivity index (χ3n) is 2.82. The number of nitrogens with zero attached hydrogens (tertiary/aromatic N) is 1. The Balaban J connectivity index is 2.41. The van der Waals surface area contributed by atoms with Crippen LogP contribution in [0.15, 0.2) is 29.2 Å². The van der Waals surface area contributed by atoms with Crippen LogP contribution in [0, 0.1) is 0 Å². The van der Waals surface area contributed by atoms with Crippen LogP contribution < -0.4 is 0 Å². The van der Waals surface area contributed by atoms with Crippen LogP contribution in [0.5, 0.6) is 0 Å². The highest BCUT2D eigenvalue weighted by molar-refractivity contribution is 8.26. The van der Waals surface area contributed by atoms with E-state index in [2.05, 4.69) is 0 Å². The zero-order chi connectivity index (χ0) is 14.9. The first-order valence-corrected chi connectivity index (χ1v) is 7.23. The minimum Gasteiger partial charge on any atom is -0.478 e. The number of hydrogen-bond acceptors (Lipinski definition) is 4. The van der Waals surface area contributed by atoms with Crippen LogP contribution in [-0.4, -0.2) is 32.2 Å². The molecule has 1 aromatic rings. The van der Waals surface area contributed by atoms with E-state index in [-0.39, 0.29) is 17.5 Å². The van der Waals surface area contributed by atoms with Gasteiger partial charge < -0.3 is 5.11 Å². The molecule has 0 aliphatic carbocycles. The van der Waals surface area contributed by atoms with E-state index < -0.39 is 5.97 Å². The number of thioether (sulfide) groups is 1. The van der Waals surface area contributed by atoms with Gasteiger partial charge in [-0.3, -0.25) is 9.69 Å². The van der Waals surface area contributed by atoms with E-state index in [1.54, 1.807) is 24.3 Å². The number of hydrogen-bond donors (Lipinski definition) is 1. The van der Waals surface area contributed by atoms with Crippen LogP contribution in [-0.2, 0) is 4.79 Å². The summed E-state index contributed by atoms with van der Waals surface area (Å²) < 4.78 is 0.504. The molecule has 1 aromatic carbocycles. The Morgan fingerprint density at radius 1 is 1.40 bits per heavy atom. The number of aromatic carboxylic acids is 1. The number of amides is 1. The van der Waals surface area contributed by atoms with Crippen LogP contribution in [0.25, 0.3) is 6.08 Å². The third kappa shape index (κ3) is 2.76. The van der Waals surface area contributed by atoms with Crippen LogP contribution in [0.3, 0.4) is 0 Å². The first-order chi connectivity index (χ1) is 9.41. The standard InChI is InChI=1S/C14H13NO3S2/c1-8(2)15-12(16)11(20-14(15)19)7-9-5-3-4-6-10(9)13(17)18/h3-8H,1-2H3,(H,17,18)/b11-7-. The number of carboxylic acids is 1. The molecule has 1 aliphatic rings. The average molecular weight is 307 g/mol. The zero-order valence-corrected chi connectivity index (χ0v) is 12.6. The molecular formula is C14H13NO3S2. The number of carbonyl (C=O) groups is 2. The molecule has 0 bridgehead atoms. The fourth-order valence-electron chi connectivity index (χ4n) is 1.88. The van der Waals surface area contributed by atoms with Gasteiger partial charge in [-0.25, -0.2) is 4.79 Å². The maximum atomic E-state index is 12.2. The number of thiocarbonyl (C=S) groups is 1. The minimum absolute atomic E-state index is 0.0110. The molecule has 0 saturated carbocycles. The first-order valence-electron chi connectivity index (χ1n) is 6.01. The highest BCUT2D eigenvalue weighted by Gasteiger charge is 2.33. The molecule has 20 heavy (non-hydrogen) atoms. The van der Waals surface area contributed by atoms with Gasteiger partial charge in [0.25, 0.3) is 5.91 Å². The summed E-state index contributed by atoms with van der Waals surface area (Å²) in [5.41, 5.74) is 0.673. The smallest absolute Gasteiger partial charge is 0.336 e. The summed E-state index contributed by atoms with van der Waals surface area (Å²) >= 11 is 6.38. The molecule has 0 radical (unpaired) electrons. The van der Waals surface area contributed by atoms with Crippen molar-refractivity contribution in [1.29, 1.82) is 0 Å². The first kappa shape index (κ1) is 14.7. The molecule has 1 heterocycles. The predicted octanol–water partition coefficient (Wildman–Crippen LogP) is 2.99. The lowest BCUT2D eigenvalue weighted by atomic mass is 10.1. The zero-order valence-electron chi connectivity index (χ0n) is 11.0. The van der Waals surface area contributed by atoms with E-state index in [0.717, 1.165) is 0 Å². The molecule has 1 saturated heterocycles. The quantitative estimate of drug-likeness (QED) is 0.687. The highest BCUT2D eigenvalue weighted by atomic mass is 32.2. The largest absolute Gasteiger partial charge is 0.478 e. The van der Waals surface area contributed by atoms with Crippen LogP contribution in [0.1, 0.15) is 29.8 Å². The second kappa shape index (κ2) is 5.76. The number of carbonyl (C=O) groups excluding carboxylic acids is 1. The molecule has 1 fully saturated rings. The Labute approximate surface area is 126 Å². The van der Waals surface area contributed by atoms with Crippen molar-refractivity contribution >= 4 is 46.3 Å². The van der Waals surface area contributed by atoms with Crippen LogP contribution in [0.4, 0.5) is 0 Å². The van der Waals surface area contributed by atoms with Crippen molar-refractivity contribution in [3.63, 3.8) is 0 Å². The van der Waals surface area contributed by atoms with Crippen molar-refractivity contribution in [2.24, 2.45) is 0 Å². The lowest BCUT2D eigenvalue weighted by Gasteiger charge is -2.18. The predicted molar refractivity (Wildman–Crippen MR) is 83.5 cm³/mol. The summed E-state index contributed by atoms with van der Waals surface area (Å²) in [7, 11) is 0. The number of carboxylic acid groups (broad SMARTS) is 1.